The molecule has 1 unspecified atom stereocenters. The Morgan fingerprint density at radius 3 is 2.36 bits per heavy atom. The lowest BCUT2D eigenvalue weighted by atomic mass is 10.1. The lowest BCUT2D eigenvalue weighted by Crippen LogP contribution is -2.48. The fourth-order valence-corrected chi connectivity index (χ4v) is 2.68. The molecule has 1 aromatic heterocycles. The van der Waals surface area contributed by atoms with Crippen molar-refractivity contribution >= 4 is 35.0 Å². The zero-order valence-corrected chi connectivity index (χ0v) is 16.1. The number of aromatic nitrogens is 1. The Bertz CT molecular complexity index is 858. The van der Waals surface area contributed by atoms with Crippen molar-refractivity contribution in [2.45, 2.75) is 25.6 Å². The van der Waals surface area contributed by atoms with E-state index in [-0.39, 0.29) is 22.7 Å². The minimum atomic E-state index is -4.59. The highest BCUT2D eigenvalue weighted by atomic mass is 35.5. The Kier molecular flexibility index (Phi) is 7.26. The van der Waals surface area contributed by atoms with Crippen molar-refractivity contribution < 1.29 is 22.8 Å². The van der Waals surface area contributed by atoms with E-state index in [0.29, 0.717) is 17.8 Å². The van der Waals surface area contributed by atoms with Gasteiger partial charge in [-0.2, -0.15) is 13.2 Å². The third-order valence-corrected chi connectivity index (χ3v) is 4.30. The highest BCUT2D eigenvalue weighted by molar-refractivity contribution is 6.31. The van der Waals surface area contributed by atoms with Gasteiger partial charge in [-0.05, 0) is 37.3 Å². The monoisotopic (exact) mass is 433 g/mol. The summed E-state index contributed by atoms with van der Waals surface area (Å²) in [4.78, 5) is 28.4. The third-order valence-electron chi connectivity index (χ3n) is 3.72. The second kappa shape index (κ2) is 9.25. The van der Waals surface area contributed by atoms with E-state index < -0.39 is 29.6 Å². The van der Waals surface area contributed by atoms with Gasteiger partial charge in [0.25, 0.3) is 5.91 Å². The molecule has 0 radical (unpaired) electrons. The Labute approximate surface area is 169 Å². The maximum Gasteiger partial charge on any atom is 0.417 e. The predicted molar refractivity (Wildman–Crippen MR) is 99.3 cm³/mol. The fraction of sp³-hybridized carbons (Fsp3) is 0.278. The van der Waals surface area contributed by atoms with Crippen LogP contribution < -0.4 is 10.6 Å². The van der Waals surface area contributed by atoms with Crippen LogP contribution in [0.4, 0.5) is 13.2 Å². The number of rotatable bonds is 6. The maximum absolute atomic E-state index is 12.7. The van der Waals surface area contributed by atoms with Gasteiger partial charge >= 0.3 is 6.18 Å². The molecule has 0 aliphatic heterocycles. The van der Waals surface area contributed by atoms with Crippen LogP contribution in [0.2, 0.25) is 10.0 Å². The first-order valence-electron chi connectivity index (χ1n) is 8.17. The molecule has 0 saturated carbocycles. The average Bonchev–Trinajstić information content (AvgIpc) is 2.62. The second-order valence-corrected chi connectivity index (χ2v) is 6.63. The summed E-state index contributed by atoms with van der Waals surface area (Å²) in [6.45, 7) is 2.00. The first-order chi connectivity index (χ1) is 13.1. The van der Waals surface area contributed by atoms with E-state index in [2.05, 4.69) is 15.6 Å². The lowest BCUT2D eigenvalue weighted by molar-refractivity contribution is -0.137. The summed E-state index contributed by atoms with van der Waals surface area (Å²) in [5.41, 5.74) is -0.673. The van der Waals surface area contributed by atoms with Gasteiger partial charge < -0.3 is 10.6 Å². The van der Waals surface area contributed by atoms with Crippen molar-refractivity contribution in [3.8, 4) is 0 Å². The Balaban J connectivity index is 2.23. The van der Waals surface area contributed by atoms with Gasteiger partial charge in [0.15, 0.2) is 0 Å². The molecule has 0 fully saturated rings. The first-order valence-corrected chi connectivity index (χ1v) is 8.93. The molecule has 2 rings (SSSR count). The summed E-state index contributed by atoms with van der Waals surface area (Å²) in [5, 5.41) is 5.30. The topological polar surface area (TPSA) is 71.1 Å². The molecule has 2 aromatic rings. The quantitative estimate of drug-likeness (QED) is 0.725. The Morgan fingerprint density at radius 1 is 1.18 bits per heavy atom. The lowest BCUT2D eigenvalue weighted by Gasteiger charge is -2.19. The first kappa shape index (κ1) is 22.0. The summed E-state index contributed by atoms with van der Waals surface area (Å²) >= 11 is 11.7. The molecule has 5 nitrogen and oxygen atoms in total. The van der Waals surface area contributed by atoms with E-state index in [4.69, 9.17) is 23.2 Å². The molecular formula is C18H16Cl2F3N3O2. The number of nitrogens with zero attached hydrogens (tertiary/aromatic N) is 1. The summed E-state index contributed by atoms with van der Waals surface area (Å²) in [5.74, 6) is -1.06. The van der Waals surface area contributed by atoms with Crippen LogP contribution in [-0.2, 0) is 17.4 Å². The van der Waals surface area contributed by atoms with Crippen LogP contribution in [-0.4, -0.2) is 29.4 Å². The molecule has 1 atom stereocenters. The number of benzene rings is 1. The average molecular weight is 434 g/mol. The number of pyridine rings is 1. The summed E-state index contributed by atoms with van der Waals surface area (Å²) in [7, 11) is 0. The smallest absolute Gasteiger partial charge is 0.355 e. The van der Waals surface area contributed by atoms with Crippen LogP contribution in [0.3, 0.4) is 0 Å². The number of alkyl halides is 3. The van der Waals surface area contributed by atoms with E-state index in [1.165, 1.54) is 24.3 Å². The van der Waals surface area contributed by atoms with Crippen LogP contribution in [0.15, 0.2) is 36.5 Å². The van der Waals surface area contributed by atoms with E-state index in [1.807, 2.05) is 0 Å². The zero-order chi connectivity index (χ0) is 20.9. The van der Waals surface area contributed by atoms with Gasteiger partial charge in [-0.25, -0.2) is 0 Å². The van der Waals surface area contributed by atoms with Gasteiger partial charge in [-0.15, -0.1) is 0 Å². The molecule has 1 aromatic carbocycles. The van der Waals surface area contributed by atoms with Gasteiger partial charge in [0.05, 0.1) is 16.3 Å². The SMILES string of the molecule is CCNC(=O)C(Cc1ncc(C(F)(F)F)cc1Cl)NC(=O)c1ccc(Cl)cc1. The van der Waals surface area contributed by atoms with Crippen molar-refractivity contribution in [3.63, 3.8) is 0 Å². The second-order valence-electron chi connectivity index (χ2n) is 5.78. The van der Waals surface area contributed by atoms with Gasteiger partial charge in [0, 0.05) is 29.7 Å². The van der Waals surface area contributed by atoms with Crippen molar-refractivity contribution in [2.24, 2.45) is 0 Å². The molecule has 0 bridgehead atoms. The number of nitrogens with one attached hydrogen (secondary N) is 2. The Hall–Kier alpha value is -2.32. The van der Waals surface area contributed by atoms with E-state index in [0.717, 1.165) is 6.07 Å². The predicted octanol–water partition coefficient (Wildman–Crippen LogP) is 3.88. The fourth-order valence-electron chi connectivity index (χ4n) is 2.31. The van der Waals surface area contributed by atoms with Gasteiger partial charge in [-0.1, -0.05) is 23.2 Å². The number of halogens is 5. The molecule has 1 heterocycles. The van der Waals surface area contributed by atoms with Crippen molar-refractivity contribution in [3.05, 3.63) is 63.4 Å². The van der Waals surface area contributed by atoms with Crippen LogP contribution >= 0.6 is 23.2 Å². The highest BCUT2D eigenvalue weighted by Gasteiger charge is 2.32. The number of carbonyl (C=O) groups is 2. The molecule has 0 aliphatic rings. The third kappa shape index (κ3) is 5.84. The van der Waals surface area contributed by atoms with Gasteiger partial charge in [-0.3, -0.25) is 14.6 Å². The molecular weight excluding hydrogens is 418 g/mol. The van der Waals surface area contributed by atoms with Crippen molar-refractivity contribution in [1.29, 1.82) is 0 Å². The molecule has 0 aliphatic carbocycles. The zero-order valence-electron chi connectivity index (χ0n) is 14.6. The maximum atomic E-state index is 12.7. The number of amides is 2. The normalized spacial score (nSPS) is 12.4. The number of carbonyl (C=O) groups excluding carboxylic acids is 2. The molecule has 2 N–H and O–H groups in total. The number of hydrogen-bond donors (Lipinski definition) is 2. The molecule has 2 amide bonds. The van der Waals surface area contributed by atoms with Gasteiger partial charge in [0.1, 0.15) is 6.04 Å². The molecule has 10 heteroatoms. The van der Waals surface area contributed by atoms with E-state index >= 15 is 0 Å². The van der Waals surface area contributed by atoms with Crippen LogP contribution in [0.25, 0.3) is 0 Å². The van der Waals surface area contributed by atoms with Crippen LogP contribution in [0.1, 0.15) is 28.5 Å². The van der Waals surface area contributed by atoms with Gasteiger partial charge in [0.2, 0.25) is 5.91 Å². The molecule has 0 spiro atoms. The summed E-state index contributed by atoms with van der Waals surface area (Å²) < 4.78 is 38.2. The van der Waals surface area contributed by atoms with E-state index in [9.17, 15) is 22.8 Å². The summed E-state index contributed by atoms with van der Waals surface area (Å²) in [6, 6.07) is 5.66. The number of likely N-dealkylation sites (N-methyl/N-ethyl adjacent to an activating group) is 1. The van der Waals surface area contributed by atoms with Crippen LogP contribution in [0, 0.1) is 0 Å². The molecule has 0 saturated heterocycles. The van der Waals surface area contributed by atoms with E-state index in [1.54, 1.807) is 6.92 Å². The molecule has 28 heavy (non-hydrogen) atoms. The highest BCUT2D eigenvalue weighted by Crippen LogP contribution is 2.31. The number of hydrogen-bond acceptors (Lipinski definition) is 3. The largest absolute Gasteiger partial charge is 0.417 e. The minimum absolute atomic E-state index is 0.0577. The Morgan fingerprint density at radius 2 is 1.82 bits per heavy atom. The standard InChI is InChI=1S/C18H16Cl2F3N3O2/c1-2-24-17(28)15(26-16(27)10-3-5-12(19)6-4-10)8-14-13(20)7-11(9-25-14)18(21,22)23/h3-7,9,15H,2,8H2,1H3,(H,24,28)(H,26,27). The van der Waals surface area contributed by atoms with Crippen molar-refractivity contribution in [1.82, 2.24) is 15.6 Å². The minimum Gasteiger partial charge on any atom is -0.355 e. The van der Waals surface area contributed by atoms with Crippen LogP contribution in [0.5, 0.6) is 0 Å². The molecule has 150 valence electrons. The summed E-state index contributed by atoms with van der Waals surface area (Å²) in [6.07, 6.45) is -4.13. The van der Waals surface area contributed by atoms with Crippen molar-refractivity contribution in [2.75, 3.05) is 6.54 Å².